The van der Waals surface area contributed by atoms with Gasteiger partial charge in [0.2, 0.25) is 0 Å². The summed E-state index contributed by atoms with van der Waals surface area (Å²) in [6.07, 6.45) is 6.22. The molecule has 7 heteroatoms. The lowest BCUT2D eigenvalue weighted by molar-refractivity contribution is -0.104. The topological polar surface area (TPSA) is 80.0 Å². The molecule has 1 saturated carbocycles. The van der Waals surface area contributed by atoms with Crippen LogP contribution in [0.4, 0.5) is 0 Å². The quantitative estimate of drug-likeness (QED) is 0.716. The first-order chi connectivity index (χ1) is 12.1. The van der Waals surface area contributed by atoms with E-state index in [0.717, 1.165) is 44.5 Å². The second kappa shape index (κ2) is 8.14. The van der Waals surface area contributed by atoms with Gasteiger partial charge in [0, 0.05) is 38.0 Å². The fraction of sp³-hybridized carbons (Fsp3) is 0.833. The van der Waals surface area contributed by atoms with E-state index in [1.165, 1.54) is 5.56 Å². The summed E-state index contributed by atoms with van der Waals surface area (Å²) in [6, 6.07) is 0.329. The molecule has 7 nitrogen and oxygen atoms in total. The number of aliphatic hydroxyl groups is 2. The van der Waals surface area contributed by atoms with Gasteiger partial charge in [0.15, 0.2) is 0 Å². The van der Waals surface area contributed by atoms with Crippen molar-refractivity contribution >= 4 is 0 Å². The summed E-state index contributed by atoms with van der Waals surface area (Å²) >= 11 is 0. The molecule has 142 valence electrons. The van der Waals surface area contributed by atoms with Gasteiger partial charge in [0.05, 0.1) is 43.8 Å². The molecule has 3 atom stereocenters. The maximum Gasteiger partial charge on any atom is 0.0847 e. The number of likely N-dealkylation sites (tertiary alicyclic amines) is 1. The third kappa shape index (κ3) is 3.90. The van der Waals surface area contributed by atoms with Crippen molar-refractivity contribution in [3.63, 3.8) is 0 Å². The average Bonchev–Trinajstić information content (AvgIpc) is 3.15. The molecule has 25 heavy (non-hydrogen) atoms. The van der Waals surface area contributed by atoms with Crippen molar-refractivity contribution in [3.05, 3.63) is 17.5 Å². The van der Waals surface area contributed by atoms with Gasteiger partial charge in [-0.2, -0.15) is 5.10 Å². The van der Waals surface area contributed by atoms with E-state index in [2.05, 4.69) is 10.00 Å². The molecule has 0 unspecified atom stereocenters. The summed E-state index contributed by atoms with van der Waals surface area (Å²) in [4.78, 5) is 2.49. The zero-order valence-electron chi connectivity index (χ0n) is 15.4. The van der Waals surface area contributed by atoms with Gasteiger partial charge in [-0.25, -0.2) is 0 Å². The van der Waals surface area contributed by atoms with Crippen LogP contribution in [0.5, 0.6) is 0 Å². The minimum absolute atomic E-state index is 0.0730. The summed E-state index contributed by atoms with van der Waals surface area (Å²) < 4.78 is 13.6. The highest BCUT2D eigenvalue weighted by Gasteiger charge is 2.51. The first-order valence-corrected chi connectivity index (χ1v) is 9.27. The van der Waals surface area contributed by atoms with Crippen molar-refractivity contribution in [2.75, 3.05) is 33.5 Å². The van der Waals surface area contributed by atoms with Gasteiger partial charge in [0.1, 0.15) is 0 Å². The lowest BCUT2D eigenvalue weighted by Gasteiger charge is -2.43. The van der Waals surface area contributed by atoms with E-state index in [9.17, 15) is 0 Å². The van der Waals surface area contributed by atoms with Gasteiger partial charge < -0.3 is 19.7 Å². The number of hydrogen-bond donors (Lipinski definition) is 2. The molecule has 0 amide bonds. The average molecular weight is 353 g/mol. The van der Waals surface area contributed by atoms with Gasteiger partial charge in [-0.15, -0.1) is 0 Å². The highest BCUT2D eigenvalue weighted by Crippen LogP contribution is 2.43. The number of methoxy groups -OCH3 is 1. The number of aromatic nitrogens is 2. The molecule has 1 aromatic rings. The second-order valence-corrected chi connectivity index (χ2v) is 7.22. The molecular weight excluding hydrogens is 322 g/mol. The van der Waals surface area contributed by atoms with E-state index in [1.54, 1.807) is 0 Å². The molecule has 1 saturated heterocycles. The first-order valence-electron chi connectivity index (χ1n) is 9.27. The first kappa shape index (κ1) is 18.8. The highest BCUT2D eigenvalue weighted by atomic mass is 16.5. The van der Waals surface area contributed by atoms with Crippen LogP contribution < -0.4 is 0 Å². The molecule has 1 aliphatic heterocycles. The van der Waals surface area contributed by atoms with Crippen molar-refractivity contribution in [2.24, 2.45) is 0 Å². The van der Waals surface area contributed by atoms with Gasteiger partial charge >= 0.3 is 0 Å². The Bertz CT molecular complexity index is 565. The molecular formula is C18H31N3O4. The Hall–Kier alpha value is -0.990. The Morgan fingerprint density at radius 3 is 2.88 bits per heavy atom. The molecule has 2 N–H and O–H groups in total. The molecule has 0 radical (unpaired) electrons. The number of fused-ring (bicyclic) bond motifs is 1. The fourth-order valence-electron chi connectivity index (χ4n) is 4.47. The molecule has 0 bridgehead atoms. The number of aliphatic hydroxyl groups excluding tert-OH is 2. The van der Waals surface area contributed by atoms with Crippen LogP contribution in [-0.4, -0.2) is 76.1 Å². The van der Waals surface area contributed by atoms with Gasteiger partial charge in [-0.3, -0.25) is 9.58 Å². The van der Waals surface area contributed by atoms with Crippen molar-refractivity contribution in [2.45, 2.75) is 63.4 Å². The zero-order chi connectivity index (χ0) is 17.9. The summed E-state index contributed by atoms with van der Waals surface area (Å²) in [5.74, 6) is 0. The van der Waals surface area contributed by atoms with Crippen molar-refractivity contribution in [1.29, 1.82) is 0 Å². The van der Waals surface area contributed by atoms with Crippen LogP contribution in [0.1, 0.15) is 36.9 Å². The smallest absolute Gasteiger partial charge is 0.0847 e. The van der Waals surface area contributed by atoms with E-state index in [4.69, 9.17) is 19.7 Å². The van der Waals surface area contributed by atoms with E-state index in [-0.39, 0.29) is 24.9 Å². The summed E-state index contributed by atoms with van der Waals surface area (Å²) in [5, 5.41) is 22.6. The normalized spacial score (nSPS) is 29.9. The van der Waals surface area contributed by atoms with Crippen molar-refractivity contribution in [3.8, 4) is 0 Å². The molecule has 3 rings (SSSR count). The largest absolute Gasteiger partial charge is 0.394 e. The van der Waals surface area contributed by atoms with Crippen LogP contribution in [0.15, 0.2) is 6.20 Å². The molecule has 2 aliphatic rings. The minimum Gasteiger partial charge on any atom is -0.394 e. The summed E-state index contributed by atoms with van der Waals surface area (Å²) in [7, 11) is 1.83. The van der Waals surface area contributed by atoms with E-state index >= 15 is 0 Å². The van der Waals surface area contributed by atoms with E-state index in [0.29, 0.717) is 19.2 Å². The maximum atomic E-state index is 9.10. The van der Waals surface area contributed by atoms with Crippen LogP contribution >= 0.6 is 0 Å². The number of hydrogen-bond acceptors (Lipinski definition) is 6. The number of rotatable bonds is 8. The van der Waals surface area contributed by atoms with E-state index in [1.807, 2.05) is 24.9 Å². The Balaban J connectivity index is 1.71. The predicted molar refractivity (Wildman–Crippen MR) is 93.3 cm³/mol. The van der Waals surface area contributed by atoms with Gasteiger partial charge in [0.25, 0.3) is 0 Å². The summed E-state index contributed by atoms with van der Waals surface area (Å²) in [5.41, 5.74) is 2.15. The third-order valence-corrected chi connectivity index (χ3v) is 5.85. The Morgan fingerprint density at radius 2 is 2.16 bits per heavy atom. The number of nitrogens with zero attached hydrogens (tertiary/aromatic N) is 3. The molecule has 1 aliphatic carbocycles. The molecule has 2 fully saturated rings. The van der Waals surface area contributed by atoms with Gasteiger partial charge in [-0.1, -0.05) is 0 Å². The monoisotopic (exact) mass is 353 g/mol. The Morgan fingerprint density at radius 1 is 1.32 bits per heavy atom. The standard InChI is InChI=1S/C18H31N3O4/c1-14-15(13-21(19-14)7-8-22)12-20-6-5-18(24-2)4-3-16(11-17(18)20)25-10-9-23/h13,16-17,22-23H,3-12H2,1-2H3/t16-,17+,18-/m1/s1. The highest BCUT2D eigenvalue weighted by molar-refractivity contribution is 5.17. The molecule has 0 aromatic carbocycles. The third-order valence-electron chi connectivity index (χ3n) is 5.85. The SMILES string of the molecule is CO[C@@]12CC[C@@H](OCCO)C[C@@H]1N(Cc1cn(CCO)nc1C)CC2. The lowest BCUT2D eigenvalue weighted by atomic mass is 9.79. The predicted octanol–water partition coefficient (Wildman–Crippen LogP) is 0.705. The minimum atomic E-state index is -0.0753. The van der Waals surface area contributed by atoms with Crippen LogP contribution in [0.3, 0.4) is 0 Å². The van der Waals surface area contributed by atoms with Crippen LogP contribution in [0, 0.1) is 6.92 Å². The fourth-order valence-corrected chi connectivity index (χ4v) is 4.47. The van der Waals surface area contributed by atoms with E-state index < -0.39 is 0 Å². The van der Waals surface area contributed by atoms with Crippen LogP contribution in [0.2, 0.25) is 0 Å². The summed E-state index contributed by atoms with van der Waals surface area (Å²) in [6.45, 7) is 4.99. The van der Waals surface area contributed by atoms with Crippen molar-refractivity contribution in [1.82, 2.24) is 14.7 Å². The van der Waals surface area contributed by atoms with Crippen LogP contribution in [0.25, 0.3) is 0 Å². The number of aryl methyl sites for hydroxylation is 1. The van der Waals surface area contributed by atoms with Crippen molar-refractivity contribution < 1.29 is 19.7 Å². The molecule has 0 spiro atoms. The van der Waals surface area contributed by atoms with Crippen LogP contribution in [-0.2, 0) is 22.6 Å². The maximum absolute atomic E-state index is 9.10. The Kier molecular flexibility index (Phi) is 6.12. The van der Waals surface area contributed by atoms with Gasteiger partial charge in [-0.05, 0) is 32.6 Å². The Labute approximate surface area is 149 Å². The zero-order valence-corrected chi connectivity index (χ0v) is 15.4. The molecule has 1 aromatic heterocycles. The lowest BCUT2D eigenvalue weighted by Crippen LogP contribution is -2.51. The second-order valence-electron chi connectivity index (χ2n) is 7.22. The number of ether oxygens (including phenoxy) is 2. The molecule has 2 heterocycles.